The highest BCUT2D eigenvalue weighted by Crippen LogP contribution is 2.59. The van der Waals surface area contributed by atoms with Crippen molar-refractivity contribution in [3.05, 3.63) is 143 Å². The lowest BCUT2D eigenvalue weighted by molar-refractivity contribution is 0.625. The second-order valence-corrected chi connectivity index (χ2v) is 12.1. The maximum Gasteiger partial charge on any atom is 0.125 e. The third-order valence-corrected chi connectivity index (χ3v) is 9.81. The van der Waals surface area contributed by atoms with Crippen LogP contribution in [0.15, 0.2) is 129 Å². The quantitative estimate of drug-likeness (QED) is 0.184. The molecule has 0 spiro atoms. The monoisotopic (exact) mass is 594 g/mol. The molecule has 6 aromatic carbocycles. The average Bonchev–Trinajstić information content (AvgIpc) is 3.54. The van der Waals surface area contributed by atoms with Gasteiger partial charge in [0.25, 0.3) is 0 Å². The summed E-state index contributed by atoms with van der Waals surface area (Å²) in [7, 11) is 0. The number of anilines is 4. The van der Waals surface area contributed by atoms with Gasteiger partial charge < -0.3 is 9.80 Å². The van der Waals surface area contributed by atoms with Gasteiger partial charge in [-0.1, -0.05) is 47.8 Å². The summed E-state index contributed by atoms with van der Waals surface area (Å²) in [5.74, 6) is -1.87. The van der Waals surface area contributed by atoms with Gasteiger partial charge in [-0.3, -0.25) is 0 Å². The zero-order chi connectivity index (χ0) is 28.5. The highest BCUT2D eigenvalue weighted by Gasteiger charge is 2.37. The fourth-order valence-electron chi connectivity index (χ4n) is 5.67. The highest BCUT2D eigenvalue weighted by atomic mass is 32.2. The summed E-state index contributed by atoms with van der Waals surface area (Å²) >= 11 is 3.06. The molecule has 2 nitrogen and oxygen atoms in total. The van der Waals surface area contributed by atoms with Gasteiger partial charge in [-0.05, 0) is 95.7 Å². The first-order valence-electron chi connectivity index (χ1n) is 13.1. The second-order valence-electron chi connectivity index (χ2n) is 10.0. The van der Waals surface area contributed by atoms with Crippen LogP contribution in [-0.2, 0) is 0 Å². The summed E-state index contributed by atoms with van der Waals surface area (Å²) in [6.07, 6.45) is 0. The number of halogens is 4. The Morgan fingerprint density at radius 1 is 0.405 bits per heavy atom. The van der Waals surface area contributed by atoms with Gasteiger partial charge in [-0.25, -0.2) is 17.6 Å². The van der Waals surface area contributed by atoms with Crippen LogP contribution in [0.25, 0.3) is 21.5 Å². The van der Waals surface area contributed by atoms with Crippen molar-refractivity contribution in [3.63, 3.8) is 0 Å². The minimum Gasteiger partial charge on any atom is -0.301 e. The van der Waals surface area contributed by atoms with E-state index in [-0.39, 0.29) is 0 Å². The fourth-order valence-corrected chi connectivity index (χ4v) is 8.09. The molecule has 0 saturated carbocycles. The van der Waals surface area contributed by atoms with E-state index in [1.54, 1.807) is 12.1 Å². The summed E-state index contributed by atoms with van der Waals surface area (Å²) in [5.41, 5.74) is 2.83. The number of fused-ring (bicyclic) bond motifs is 4. The van der Waals surface area contributed by atoms with Gasteiger partial charge >= 0.3 is 0 Å². The Bertz CT molecular complexity index is 1970. The lowest BCUT2D eigenvalue weighted by Crippen LogP contribution is -2.19. The van der Waals surface area contributed by atoms with E-state index in [9.17, 15) is 8.78 Å². The summed E-state index contributed by atoms with van der Waals surface area (Å²) in [4.78, 5) is 5.90. The molecule has 2 aliphatic heterocycles. The van der Waals surface area contributed by atoms with Gasteiger partial charge in [0.1, 0.15) is 33.3 Å². The standard InChI is InChI=1S/C34H18F4N2S2/c35-21-9-11-25-19(13-21)15-23(37)17-29(25)39-27-5-1-3-7-31(27)41-33(39)34-40(28-6-2-4-8-32(28)42-34)30-18-24(38)16-20-14-22(36)10-12-26(20)30/h1-18H/b34-33+. The second kappa shape index (κ2) is 9.58. The highest BCUT2D eigenvalue weighted by molar-refractivity contribution is 8.07. The largest absolute Gasteiger partial charge is 0.301 e. The van der Waals surface area contributed by atoms with Crippen LogP contribution in [0.3, 0.4) is 0 Å². The predicted octanol–water partition coefficient (Wildman–Crippen LogP) is 10.9. The molecule has 2 heterocycles. The number of hydrogen-bond donors (Lipinski definition) is 0. The Morgan fingerprint density at radius 2 is 0.810 bits per heavy atom. The van der Waals surface area contributed by atoms with E-state index in [1.807, 2.05) is 58.3 Å². The maximum atomic E-state index is 15.1. The fraction of sp³-hybridized carbons (Fsp3) is 0. The Hall–Kier alpha value is -4.40. The third kappa shape index (κ3) is 3.97. The van der Waals surface area contributed by atoms with E-state index in [4.69, 9.17) is 0 Å². The molecule has 0 bridgehead atoms. The third-order valence-electron chi connectivity index (χ3n) is 7.41. The molecular weight excluding hydrogens is 577 g/mol. The van der Waals surface area contributed by atoms with Crippen LogP contribution in [0.4, 0.5) is 40.3 Å². The van der Waals surface area contributed by atoms with Crippen molar-refractivity contribution in [2.45, 2.75) is 9.79 Å². The van der Waals surface area contributed by atoms with Crippen LogP contribution in [0.2, 0.25) is 0 Å². The molecule has 204 valence electrons. The number of nitrogens with zero attached hydrogens (tertiary/aromatic N) is 2. The molecule has 0 unspecified atom stereocenters. The molecular formula is C34H18F4N2S2. The van der Waals surface area contributed by atoms with Crippen molar-refractivity contribution in [2.24, 2.45) is 0 Å². The molecule has 0 atom stereocenters. The first-order chi connectivity index (χ1) is 20.4. The van der Waals surface area contributed by atoms with Gasteiger partial charge in [0, 0.05) is 20.6 Å². The van der Waals surface area contributed by atoms with Crippen LogP contribution in [-0.4, -0.2) is 0 Å². The molecule has 0 aromatic heterocycles. The van der Waals surface area contributed by atoms with Gasteiger partial charge in [0.2, 0.25) is 0 Å². The van der Waals surface area contributed by atoms with Crippen molar-refractivity contribution in [2.75, 3.05) is 9.80 Å². The smallest absolute Gasteiger partial charge is 0.125 e. The SMILES string of the molecule is Fc1ccc2c(N3/C(=C4\Sc5ccccc5N4c4cc(F)cc5cc(F)ccc45)Sc4ccccc43)cc(F)cc2c1. The number of thioether (sulfide) groups is 2. The maximum absolute atomic E-state index is 15.1. The Kier molecular flexibility index (Phi) is 5.77. The van der Waals surface area contributed by atoms with E-state index >= 15 is 8.78 Å². The van der Waals surface area contributed by atoms with Crippen molar-refractivity contribution >= 4 is 67.8 Å². The van der Waals surface area contributed by atoms with Crippen molar-refractivity contribution in [1.82, 2.24) is 0 Å². The first-order valence-corrected chi connectivity index (χ1v) is 14.7. The van der Waals surface area contributed by atoms with Crippen LogP contribution in [0.1, 0.15) is 0 Å². The molecule has 0 aliphatic carbocycles. The Labute approximate surface area is 246 Å². The Balaban J connectivity index is 1.44. The molecule has 8 heteroatoms. The number of rotatable bonds is 2. The van der Waals surface area contributed by atoms with Gasteiger partial charge in [0.05, 0.1) is 22.7 Å². The number of para-hydroxylation sites is 2. The van der Waals surface area contributed by atoms with Crippen molar-refractivity contribution in [1.29, 1.82) is 0 Å². The molecule has 8 rings (SSSR count). The lowest BCUT2D eigenvalue weighted by atomic mass is 10.1. The molecule has 42 heavy (non-hydrogen) atoms. The number of benzene rings is 6. The van der Waals surface area contributed by atoms with Gasteiger partial charge in [-0.15, -0.1) is 0 Å². The molecule has 0 amide bonds. The van der Waals surface area contributed by atoms with Crippen molar-refractivity contribution in [3.8, 4) is 0 Å². The minimum absolute atomic E-state index is 0.445. The molecule has 6 aromatic rings. The molecule has 2 aliphatic rings. The van der Waals surface area contributed by atoms with Crippen LogP contribution in [0.5, 0.6) is 0 Å². The molecule has 0 N–H and O–H groups in total. The lowest BCUT2D eigenvalue weighted by Gasteiger charge is -2.28. The zero-order valence-corrected chi connectivity index (χ0v) is 23.2. The number of hydrogen-bond acceptors (Lipinski definition) is 4. The summed E-state index contributed by atoms with van der Waals surface area (Å²) in [6.45, 7) is 0. The van der Waals surface area contributed by atoms with E-state index < -0.39 is 23.3 Å². The van der Waals surface area contributed by atoms with Crippen LogP contribution >= 0.6 is 23.5 Å². The van der Waals surface area contributed by atoms with Gasteiger partial charge in [-0.2, -0.15) is 0 Å². The van der Waals surface area contributed by atoms with E-state index in [0.29, 0.717) is 32.9 Å². The molecule has 0 fully saturated rings. The van der Waals surface area contributed by atoms with Crippen LogP contribution in [0, 0.1) is 23.3 Å². The molecule has 0 radical (unpaired) electrons. The minimum atomic E-state index is -0.487. The summed E-state index contributed by atoms with van der Waals surface area (Å²) in [6, 6.07) is 30.0. The molecule has 0 saturated heterocycles. The Morgan fingerprint density at radius 3 is 1.26 bits per heavy atom. The van der Waals surface area contributed by atoms with E-state index in [1.165, 1.54) is 72.1 Å². The summed E-state index contributed by atoms with van der Waals surface area (Å²) in [5, 5.41) is 3.84. The zero-order valence-electron chi connectivity index (χ0n) is 21.6. The predicted molar refractivity (Wildman–Crippen MR) is 164 cm³/mol. The van der Waals surface area contributed by atoms with Gasteiger partial charge in [0.15, 0.2) is 0 Å². The van der Waals surface area contributed by atoms with E-state index in [2.05, 4.69) is 0 Å². The van der Waals surface area contributed by atoms with Crippen molar-refractivity contribution < 1.29 is 17.6 Å². The average molecular weight is 595 g/mol. The van der Waals surface area contributed by atoms with Crippen LogP contribution < -0.4 is 9.80 Å². The van der Waals surface area contributed by atoms with E-state index in [0.717, 1.165) is 31.2 Å². The normalized spacial score (nSPS) is 16.0. The topological polar surface area (TPSA) is 6.48 Å². The first kappa shape index (κ1) is 25.3. The summed E-state index contributed by atoms with van der Waals surface area (Å²) < 4.78 is 58.6.